The van der Waals surface area contributed by atoms with Crippen molar-refractivity contribution in [2.45, 2.75) is 13.8 Å². The Kier molecular flexibility index (Phi) is 7.41. The lowest BCUT2D eigenvalue weighted by molar-refractivity contribution is -0.121. The lowest BCUT2D eigenvalue weighted by Crippen LogP contribution is -2.49. The molecule has 0 heterocycles. The van der Waals surface area contributed by atoms with Crippen molar-refractivity contribution in [1.82, 2.24) is 16.2 Å². The van der Waals surface area contributed by atoms with E-state index in [9.17, 15) is 9.59 Å². The van der Waals surface area contributed by atoms with E-state index < -0.39 is 11.8 Å². The molecule has 0 fully saturated rings. The number of hydrogen-bond donors (Lipinski definition) is 3. The van der Waals surface area contributed by atoms with Crippen LogP contribution < -0.4 is 20.9 Å². The van der Waals surface area contributed by atoms with Crippen LogP contribution in [-0.2, 0) is 4.79 Å². The van der Waals surface area contributed by atoms with E-state index in [1.54, 1.807) is 36.4 Å². The van der Waals surface area contributed by atoms with Crippen LogP contribution in [0.3, 0.4) is 0 Å². The van der Waals surface area contributed by atoms with E-state index in [-0.39, 0.29) is 11.7 Å². The summed E-state index contributed by atoms with van der Waals surface area (Å²) in [5.74, 6) is -0.371. The van der Waals surface area contributed by atoms with Crippen LogP contribution in [0.25, 0.3) is 0 Å². The molecule has 0 unspecified atom stereocenters. The van der Waals surface area contributed by atoms with Crippen LogP contribution in [0.15, 0.2) is 36.4 Å². The average Bonchev–Trinajstić information content (AvgIpc) is 2.63. The highest BCUT2D eigenvalue weighted by Gasteiger charge is 2.10. The van der Waals surface area contributed by atoms with Crippen LogP contribution in [0, 0.1) is 13.8 Å². The Balaban J connectivity index is 1.77. The molecule has 0 radical (unpaired) electrons. The number of aryl methyl sites for hydroxylation is 2. The van der Waals surface area contributed by atoms with Gasteiger partial charge in [0.25, 0.3) is 11.8 Å². The number of carbonyl (C=O) groups is 2. The van der Waals surface area contributed by atoms with Crippen molar-refractivity contribution < 1.29 is 14.3 Å². The first-order valence-corrected chi connectivity index (χ1v) is 8.98. The second kappa shape index (κ2) is 9.55. The van der Waals surface area contributed by atoms with E-state index in [0.717, 1.165) is 11.1 Å². The highest BCUT2D eigenvalue weighted by molar-refractivity contribution is 7.80. The first kappa shape index (κ1) is 21.0. The number of benzene rings is 2. The van der Waals surface area contributed by atoms with E-state index in [1.807, 2.05) is 13.8 Å². The monoisotopic (exact) mass is 425 g/mol. The van der Waals surface area contributed by atoms with Gasteiger partial charge in [-0.1, -0.05) is 23.2 Å². The zero-order valence-corrected chi connectivity index (χ0v) is 16.9. The van der Waals surface area contributed by atoms with Crippen LogP contribution >= 0.6 is 35.4 Å². The molecule has 0 atom stereocenters. The summed E-state index contributed by atoms with van der Waals surface area (Å²) in [6, 6.07) is 9.79. The molecular formula is C18H17Cl2N3O3S. The molecule has 27 heavy (non-hydrogen) atoms. The number of hydrazine groups is 1. The summed E-state index contributed by atoms with van der Waals surface area (Å²) in [4.78, 5) is 23.8. The normalized spacial score (nSPS) is 10.1. The van der Waals surface area contributed by atoms with Crippen molar-refractivity contribution in [1.29, 1.82) is 0 Å². The van der Waals surface area contributed by atoms with E-state index in [4.69, 9.17) is 40.2 Å². The van der Waals surface area contributed by atoms with Gasteiger partial charge in [0.2, 0.25) is 0 Å². The molecule has 0 bridgehead atoms. The Bertz CT molecular complexity index is 850. The predicted molar refractivity (Wildman–Crippen MR) is 109 cm³/mol. The standard InChI is InChI=1S/C18H17Cl2N3O3S/c1-10-7-14(8-11(2)16(10)20)26-9-15(24)21-18(27)23-22-17(25)12-3-5-13(19)6-4-12/h3-8H,9H2,1-2H3,(H,22,25)(H2,21,23,24,27). The highest BCUT2D eigenvalue weighted by atomic mass is 35.5. The minimum absolute atomic E-state index is 0.0608. The van der Waals surface area contributed by atoms with Gasteiger partial charge in [-0.15, -0.1) is 0 Å². The molecule has 2 rings (SSSR count). The van der Waals surface area contributed by atoms with Crippen LogP contribution in [0.2, 0.25) is 10.0 Å². The summed E-state index contributed by atoms with van der Waals surface area (Å²) in [5, 5.41) is 3.52. The molecule has 2 amide bonds. The van der Waals surface area contributed by atoms with Gasteiger partial charge in [-0.2, -0.15) is 0 Å². The Morgan fingerprint density at radius 3 is 2.22 bits per heavy atom. The fourth-order valence-electron chi connectivity index (χ4n) is 2.12. The SMILES string of the molecule is Cc1cc(OCC(=O)NC(=S)NNC(=O)c2ccc(Cl)cc2)cc(C)c1Cl. The molecule has 0 aliphatic carbocycles. The summed E-state index contributed by atoms with van der Waals surface area (Å²) < 4.78 is 5.43. The molecule has 3 N–H and O–H groups in total. The third kappa shape index (κ3) is 6.39. The molecule has 2 aromatic rings. The molecule has 142 valence electrons. The number of thiocarbonyl (C=S) groups is 1. The van der Waals surface area contributed by atoms with E-state index >= 15 is 0 Å². The zero-order valence-electron chi connectivity index (χ0n) is 14.6. The van der Waals surface area contributed by atoms with Crippen LogP contribution in [0.1, 0.15) is 21.5 Å². The first-order valence-electron chi connectivity index (χ1n) is 7.81. The van der Waals surface area contributed by atoms with E-state index in [0.29, 0.717) is 21.4 Å². The average molecular weight is 426 g/mol. The fourth-order valence-corrected chi connectivity index (χ4v) is 2.52. The molecule has 9 heteroatoms. The van der Waals surface area contributed by atoms with Gasteiger partial charge in [-0.25, -0.2) is 0 Å². The number of ether oxygens (including phenoxy) is 1. The van der Waals surface area contributed by atoms with Crippen molar-refractivity contribution in [2.24, 2.45) is 0 Å². The van der Waals surface area contributed by atoms with Gasteiger partial charge in [0.05, 0.1) is 0 Å². The van der Waals surface area contributed by atoms with Crippen molar-refractivity contribution in [3.05, 3.63) is 63.1 Å². The Morgan fingerprint density at radius 1 is 1.04 bits per heavy atom. The van der Waals surface area contributed by atoms with Gasteiger partial charge in [0, 0.05) is 15.6 Å². The number of amides is 2. The van der Waals surface area contributed by atoms with Crippen molar-refractivity contribution in [3.63, 3.8) is 0 Å². The van der Waals surface area contributed by atoms with Gasteiger partial charge in [0.15, 0.2) is 11.7 Å². The van der Waals surface area contributed by atoms with Gasteiger partial charge in [0.1, 0.15) is 5.75 Å². The minimum Gasteiger partial charge on any atom is -0.484 e. The van der Waals surface area contributed by atoms with Crippen molar-refractivity contribution >= 4 is 52.3 Å². The summed E-state index contributed by atoms with van der Waals surface area (Å²) in [5.41, 5.74) is 6.92. The maximum atomic E-state index is 11.9. The van der Waals surface area contributed by atoms with Crippen LogP contribution in [0.5, 0.6) is 5.75 Å². The molecule has 6 nitrogen and oxygen atoms in total. The second-order valence-electron chi connectivity index (χ2n) is 5.62. The maximum Gasteiger partial charge on any atom is 0.269 e. The molecule has 0 spiro atoms. The molecule has 0 aliphatic heterocycles. The third-order valence-corrected chi connectivity index (χ3v) is 4.48. The van der Waals surface area contributed by atoms with Gasteiger partial charge >= 0.3 is 0 Å². The van der Waals surface area contributed by atoms with Gasteiger partial charge in [-0.3, -0.25) is 25.8 Å². The Hall–Kier alpha value is -2.35. The highest BCUT2D eigenvalue weighted by Crippen LogP contribution is 2.25. The number of halogens is 2. The fraction of sp³-hybridized carbons (Fsp3) is 0.167. The second-order valence-corrected chi connectivity index (χ2v) is 6.85. The molecule has 0 saturated carbocycles. The summed E-state index contributed by atoms with van der Waals surface area (Å²) >= 11 is 16.8. The minimum atomic E-state index is -0.474. The summed E-state index contributed by atoms with van der Waals surface area (Å²) in [6.07, 6.45) is 0. The Morgan fingerprint density at radius 2 is 1.63 bits per heavy atom. The quantitative estimate of drug-likeness (QED) is 0.517. The van der Waals surface area contributed by atoms with Crippen molar-refractivity contribution in [2.75, 3.05) is 6.61 Å². The third-order valence-electron chi connectivity index (χ3n) is 3.43. The predicted octanol–water partition coefficient (Wildman–Crippen LogP) is 3.32. The lowest BCUT2D eigenvalue weighted by atomic mass is 10.1. The number of carbonyl (C=O) groups excluding carboxylic acids is 2. The molecule has 0 aromatic heterocycles. The van der Waals surface area contributed by atoms with Crippen LogP contribution in [0.4, 0.5) is 0 Å². The molecule has 0 aliphatic rings. The summed E-state index contributed by atoms with van der Waals surface area (Å²) in [6.45, 7) is 3.46. The number of nitrogens with one attached hydrogen (secondary N) is 3. The van der Waals surface area contributed by atoms with Gasteiger partial charge < -0.3 is 4.74 Å². The van der Waals surface area contributed by atoms with E-state index in [2.05, 4.69) is 16.2 Å². The number of hydrogen-bond acceptors (Lipinski definition) is 4. The Labute approximate surface area is 172 Å². The zero-order chi connectivity index (χ0) is 20.0. The topological polar surface area (TPSA) is 79.5 Å². The smallest absolute Gasteiger partial charge is 0.269 e. The van der Waals surface area contributed by atoms with Gasteiger partial charge in [-0.05, 0) is 73.6 Å². The first-order chi connectivity index (χ1) is 12.8. The number of rotatable bonds is 4. The lowest BCUT2D eigenvalue weighted by Gasteiger charge is -2.12. The summed E-state index contributed by atoms with van der Waals surface area (Å²) in [7, 11) is 0. The van der Waals surface area contributed by atoms with E-state index in [1.165, 1.54) is 0 Å². The maximum absolute atomic E-state index is 11.9. The molecule has 2 aromatic carbocycles. The molecular weight excluding hydrogens is 409 g/mol. The molecule has 0 saturated heterocycles. The van der Waals surface area contributed by atoms with Crippen molar-refractivity contribution in [3.8, 4) is 5.75 Å². The van der Waals surface area contributed by atoms with Crippen LogP contribution in [-0.4, -0.2) is 23.5 Å². The largest absolute Gasteiger partial charge is 0.484 e.